The van der Waals surface area contributed by atoms with E-state index < -0.39 is 6.04 Å². The molecule has 0 aromatic heterocycles. The Hall–Kier alpha value is -1.06. The van der Waals surface area contributed by atoms with Gasteiger partial charge in [0.05, 0.1) is 6.04 Å². The first kappa shape index (κ1) is 13.0. The van der Waals surface area contributed by atoms with Crippen molar-refractivity contribution in [1.82, 2.24) is 0 Å². The van der Waals surface area contributed by atoms with Gasteiger partial charge in [-0.25, -0.2) is 0 Å². The summed E-state index contributed by atoms with van der Waals surface area (Å²) in [4.78, 5) is 11.7. The fourth-order valence-corrected chi connectivity index (χ4v) is 1.55. The van der Waals surface area contributed by atoms with Crippen molar-refractivity contribution in [3.05, 3.63) is 29.3 Å². The number of hydrogen-bond acceptors (Lipinski definition) is 2. The minimum Gasteiger partial charge on any atom is -0.325 e. The molecule has 0 saturated heterocycles. The van der Waals surface area contributed by atoms with Crippen molar-refractivity contribution >= 4 is 23.2 Å². The average molecular weight is 241 g/mol. The number of halogens is 1. The van der Waals surface area contributed by atoms with Crippen LogP contribution in [0.25, 0.3) is 0 Å². The van der Waals surface area contributed by atoms with Gasteiger partial charge >= 0.3 is 0 Å². The molecule has 1 amide bonds. The molecule has 0 aliphatic carbocycles. The summed E-state index contributed by atoms with van der Waals surface area (Å²) in [7, 11) is 0. The van der Waals surface area contributed by atoms with Crippen molar-refractivity contribution in [1.29, 1.82) is 0 Å². The lowest BCUT2D eigenvalue weighted by Gasteiger charge is -2.11. The maximum Gasteiger partial charge on any atom is 0.241 e. The molecule has 1 unspecified atom stereocenters. The number of amides is 1. The van der Waals surface area contributed by atoms with Gasteiger partial charge in [0.2, 0.25) is 5.91 Å². The smallest absolute Gasteiger partial charge is 0.241 e. The van der Waals surface area contributed by atoms with Gasteiger partial charge in [-0.3, -0.25) is 4.79 Å². The van der Waals surface area contributed by atoms with Crippen LogP contribution in [0, 0.1) is 0 Å². The number of nitrogens with two attached hydrogens (primary N) is 1. The number of rotatable bonds is 5. The lowest BCUT2D eigenvalue weighted by Crippen LogP contribution is -2.35. The van der Waals surface area contributed by atoms with Crippen LogP contribution in [0.5, 0.6) is 0 Å². The monoisotopic (exact) mass is 240 g/mol. The Bertz CT molecular complexity index is 355. The third kappa shape index (κ3) is 4.21. The van der Waals surface area contributed by atoms with E-state index in [0.717, 1.165) is 12.8 Å². The SMILES string of the molecule is CCCCC(N)C(=O)Nc1cccc(Cl)c1. The van der Waals surface area contributed by atoms with Crippen molar-refractivity contribution in [2.24, 2.45) is 5.73 Å². The van der Waals surface area contributed by atoms with Gasteiger partial charge in [-0.05, 0) is 24.6 Å². The Labute approximate surface area is 101 Å². The summed E-state index contributed by atoms with van der Waals surface area (Å²) in [6.45, 7) is 2.07. The number of unbranched alkanes of at least 4 members (excludes halogenated alkanes) is 1. The minimum atomic E-state index is -0.445. The van der Waals surface area contributed by atoms with E-state index in [1.165, 1.54) is 0 Å². The zero-order valence-corrected chi connectivity index (χ0v) is 10.1. The molecule has 0 saturated carbocycles. The molecule has 1 atom stereocenters. The standard InChI is InChI=1S/C12H17ClN2O/c1-2-3-7-11(14)12(16)15-10-6-4-5-9(13)8-10/h4-6,8,11H,2-3,7,14H2,1H3,(H,15,16). The van der Waals surface area contributed by atoms with Gasteiger partial charge in [0.15, 0.2) is 0 Å². The summed E-state index contributed by atoms with van der Waals surface area (Å²) in [5.74, 6) is -0.157. The van der Waals surface area contributed by atoms with Crippen molar-refractivity contribution in [3.63, 3.8) is 0 Å². The second kappa shape index (κ2) is 6.51. The van der Waals surface area contributed by atoms with Crippen molar-refractivity contribution in [2.75, 3.05) is 5.32 Å². The number of hydrogen-bond donors (Lipinski definition) is 2. The molecule has 4 heteroatoms. The van der Waals surface area contributed by atoms with Crippen LogP contribution in [0.3, 0.4) is 0 Å². The van der Waals surface area contributed by atoms with Gasteiger partial charge in [-0.2, -0.15) is 0 Å². The van der Waals surface area contributed by atoms with E-state index >= 15 is 0 Å². The summed E-state index contributed by atoms with van der Waals surface area (Å²) in [5.41, 5.74) is 6.43. The first-order chi connectivity index (χ1) is 7.63. The highest BCUT2D eigenvalue weighted by molar-refractivity contribution is 6.30. The third-order valence-corrected chi connectivity index (χ3v) is 2.53. The zero-order valence-electron chi connectivity index (χ0n) is 9.37. The molecule has 0 heterocycles. The molecule has 1 aromatic rings. The zero-order chi connectivity index (χ0) is 12.0. The summed E-state index contributed by atoms with van der Waals surface area (Å²) in [6, 6.07) is 6.59. The highest BCUT2D eigenvalue weighted by Crippen LogP contribution is 2.15. The van der Waals surface area contributed by atoms with Crippen LogP contribution in [0.15, 0.2) is 24.3 Å². The van der Waals surface area contributed by atoms with Gasteiger partial charge in [0, 0.05) is 10.7 Å². The minimum absolute atomic E-state index is 0.157. The average Bonchev–Trinajstić information content (AvgIpc) is 2.25. The molecule has 88 valence electrons. The third-order valence-electron chi connectivity index (χ3n) is 2.30. The Balaban J connectivity index is 2.50. The molecule has 1 rings (SSSR count). The predicted octanol–water partition coefficient (Wildman–Crippen LogP) is 2.80. The molecule has 0 spiro atoms. The first-order valence-corrected chi connectivity index (χ1v) is 5.83. The Morgan fingerprint density at radius 3 is 2.94 bits per heavy atom. The number of benzene rings is 1. The van der Waals surface area contributed by atoms with Gasteiger partial charge in [0.25, 0.3) is 0 Å². The molecular formula is C12H17ClN2O. The summed E-state index contributed by atoms with van der Waals surface area (Å²) < 4.78 is 0. The molecule has 1 aromatic carbocycles. The maximum absolute atomic E-state index is 11.7. The maximum atomic E-state index is 11.7. The topological polar surface area (TPSA) is 55.1 Å². The quantitative estimate of drug-likeness (QED) is 0.832. The molecule has 0 fully saturated rings. The number of nitrogens with one attached hydrogen (secondary N) is 1. The molecule has 0 radical (unpaired) electrons. The van der Waals surface area contributed by atoms with Gasteiger partial charge < -0.3 is 11.1 Å². The molecule has 16 heavy (non-hydrogen) atoms. The second-order valence-electron chi connectivity index (χ2n) is 3.75. The van der Waals surface area contributed by atoms with Crippen LogP contribution in [0.1, 0.15) is 26.2 Å². The molecule has 3 N–H and O–H groups in total. The molecule has 0 aliphatic heterocycles. The van der Waals surface area contributed by atoms with Crippen LogP contribution in [-0.4, -0.2) is 11.9 Å². The highest BCUT2D eigenvalue weighted by atomic mass is 35.5. The largest absolute Gasteiger partial charge is 0.325 e. The van der Waals surface area contributed by atoms with Gasteiger partial charge in [-0.1, -0.05) is 37.4 Å². The van der Waals surface area contributed by atoms with Crippen LogP contribution in [0.4, 0.5) is 5.69 Å². The van der Waals surface area contributed by atoms with Gasteiger partial charge in [-0.15, -0.1) is 0 Å². The highest BCUT2D eigenvalue weighted by Gasteiger charge is 2.12. The first-order valence-electron chi connectivity index (χ1n) is 5.45. The second-order valence-corrected chi connectivity index (χ2v) is 4.18. The van der Waals surface area contributed by atoms with E-state index in [2.05, 4.69) is 12.2 Å². The molecule has 0 bridgehead atoms. The Morgan fingerprint density at radius 2 is 2.31 bits per heavy atom. The van der Waals surface area contributed by atoms with E-state index in [1.807, 2.05) is 0 Å². The number of carbonyl (C=O) groups excluding carboxylic acids is 1. The lowest BCUT2D eigenvalue weighted by atomic mass is 10.1. The van der Waals surface area contributed by atoms with Crippen LogP contribution >= 0.6 is 11.6 Å². The van der Waals surface area contributed by atoms with E-state index in [1.54, 1.807) is 24.3 Å². The van der Waals surface area contributed by atoms with Crippen molar-refractivity contribution in [2.45, 2.75) is 32.2 Å². The van der Waals surface area contributed by atoms with Crippen molar-refractivity contribution < 1.29 is 4.79 Å². The normalized spacial score (nSPS) is 12.2. The van der Waals surface area contributed by atoms with Crippen LogP contribution in [-0.2, 0) is 4.79 Å². The summed E-state index contributed by atoms with van der Waals surface area (Å²) in [6.07, 6.45) is 2.71. The van der Waals surface area contributed by atoms with Crippen LogP contribution in [0.2, 0.25) is 5.02 Å². The molecular weight excluding hydrogens is 224 g/mol. The molecule has 0 aliphatic rings. The van der Waals surface area contributed by atoms with Crippen molar-refractivity contribution in [3.8, 4) is 0 Å². The van der Waals surface area contributed by atoms with E-state index in [-0.39, 0.29) is 5.91 Å². The fraction of sp³-hybridized carbons (Fsp3) is 0.417. The fourth-order valence-electron chi connectivity index (χ4n) is 1.36. The van der Waals surface area contributed by atoms with E-state index in [9.17, 15) is 4.79 Å². The summed E-state index contributed by atoms with van der Waals surface area (Å²) >= 11 is 5.81. The lowest BCUT2D eigenvalue weighted by molar-refractivity contribution is -0.117. The summed E-state index contributed by atoms with van der Waals surface area (Å²) in [5, 5.41) is 3.34. The van der Waals surface area contributed by atoms with E-state index in [0.29, 0.717) is 17.1 Å². The predicted molar refractivity (Wildman–Crippen MR) is 67.6 cm³/mol. The van der Waals surface area contributed by atoms with Gasteiger partial charge in [0.1, 0.15) is 0 Å². The Morgan fingerprint density at radius 1 is 1.56 bits per heavy atom. The van der Waals surface area contributed by atoms with Crippen LogP contribution < -0.4 is 11.1 Å². The number of anilines is 1. The Kier molecular flexibility index (Phi) is 5.29. The van der Waals surface area contributed by atoms with E-state index in [4.69, 9.17) is 17.3 Å². The number of carbonyl (C=O) groups is 1. The molecule has 3 nitrogen and oxygen atoms in total.